The SMILES string of the molecule is CCOCCCNC(=O)c1cc(N(C)S(=O)(=O)c2ccc(Cl)cc2)ccc1Cl. The second-order valence-electron chi connectivity index (χ2n) is 5.90. The molecule has 0 spiro atoms. The molecule has 9 heteroatoms. The third kappa shape index (κ3) is 5.61. The van der Waals surface area contributed by atoms with E-state index in [1.54, 1.807) is 6.07 Å². The van der Waals surface area contributed by atoms with Crippen LogP contribution in [0.1, 0.15) is 23.7 Å². The predicted molar refractivity (Wildman–Crippen MR) is 112 cm³/mol. The lowest BCUT2D eigenvalue weighted by molar-refractivity contribution is 0.0944. The molecule has 28 heavy (non-hydrogen) atoms. The van der Waals surface area contributed by atoms with Gasteiger partial charge in [0.1, 0.15) is 0 Å². The van der Waals surface area contributed by atoms with E-state index in [0.29, 0.717) is 36.9 Å². The number of carbonyl (C=O) groups excluding carboxylic acids is 1. The lowest BCUT2D eigenvalue weighted by atomic mass is 10.2. The highest BCUT2D eigenvalue weighted by Crippen LogP contribution is 2.27. The quantitative estimate of drug-likeness (QED) is 0.593. The lowest BCUT2D eigenvalue weighted by Crippen LogP contribution is -2.28. The summed E-state index contributed by atoms with van der Waals surface area (Å²) in [5, 5.41) is 3.44. The summed E-state index contributed by atoms with van der Waals surface area (Å²) in [5.74, 6) is -0.374. The molecule has 0 fully saturated rings. The van der Waals surface area contributed by atoms with Crippen LogP contribution in [0.4, 0.5) is 5.69 Å². The smallest absolute Gasteiger partial charge is 0.264 e. The molecule has 0 radical (unpaired) electrons. The Bertz CT molecular complexity index is 918. The molecule has 6 nitrogen and oxygen atoms in total. The summed E-state index contributed by atoms with van der Waals surface area (Å²) in [6.07, 6.45) is 0.668. The van der Waals surface area contributed by atoms with Crippen molar-refractivity contribution in [1.82, 2.24) is 5.32 Å². The zero-order valence-electron chi connectivity index (χ0n) is 15.6. The van der Waals surface area contributed by atoms with E-state index in [1.165, 1.54) is 43.4 Å². The average Bonchev–Trinajstić information content (AvgIpc) is 2.67. The number of benzene rings is 2. The summed E-state index contributed by atoms with van der Waals surface area (Å²) in [5.41, 5.74) is 0.521. The van der Waals surface area contributed by atoms with Crippen LogP contribution in [-0.2, 0) is 14.8 Å². The Morgan fingerprint density at radius 3 is 2.46 bits per heavy atom. The fraction of sp³-hybridized carbons (Fsp3) is 0.316. The van der Waals surface area contributed by atoms with E-state index in [-0.39, 0.29) is 21.4 Å². The molecule has 0 bridgehead atoms. The zero-order chi connectivity index (χ0) is 20.7. The normalized spacial score (nSPS) is 11.3. The number of ether oxygens (including phenoxy) is 1. The molecule has 1 amide bonds. The van der Waals surface area contributed by atoms with Crippen LogP contribution in [0.25, 0.3) is 0 Å². The van der Waals surface area contributed by atoms with Crippen molar-refractivity contribution in [3.63, 3.8) is 0 Å². The summed E-state index contributed by atoms with van der Waals surface area (Å²) >= 11 is 12.0. The first-order chi connectivity index (χ1) is 13.3. The summed E-state index contributed by atoms with van der Waals surface area (Å²) < 4.78 is 32.0. The van der Waals surface area contributed by atoms with Crippen LogP contribution < -0.4 is 9.62 Å². The van der Waals surface area contributed by atoms with Gasteiger partial charge in [-0.25, -0.2) is 8.42 Å². The number of nitrogens with zero attached hydrogens (tertiary/aromatic N) is 1. The fourth-order valence-electron chi connectivity index (χ4n) is 2.40. The number of sulfonamides is 1. The van der Waals surface area contributed by atoms with Gasteiger partial charge in [0.2, 0.25) is 0 Å². The van der Waals surface area contributed by atoms with Crippen molar-refractivity contribution in [2.24, 2.45) is 0 Å². The van der Waals surface area contributed by atoms with Gasteiger partial charge in [0.15, 0.2) is 0 Å². The van der Waals surface area contributed by atoms with Crippen LogP contribution in [-0.4, -0.2) is 41.1 Å². The molecule has 2 aromatic rings. The number of halogens is 2. The second kappa shape index (κ2) is 10.1. The van der Waals surface area contributed by atoms with Gasteiger partial charge in [-0.3, -0.25) is 9.10 Å². The van der Waals surface area contributed by atoms with E-state index in [0.717, 1.165) is 4.31 Å². The van der Waals surface area contributed by atoms with Gasteiger partial charge >= 0.3 is 0 Å². The van der Waals surface area contributed by atoms with E-state index in [1.807, 2.05) is 6.92 Å². The van der Waals surface area contributed by atoms with Crippen molar-refractivity contribution in [2.75, 3.05) is 31.1 Å². The first-order valence-electron chi connectivity index (χ1n) is 8.67. The van der Waals surface area contributed by atoms with Crippen LogP contribution in [0.3, 0.4) is 0 Å². The molecule has 2 aromatic carbocycles. The monoisotopic (exact) mass is 444 g/mol. The highest BCUT2D eigenvalue weighted by molar-refractivity contribution is 7.92. The minimum absolute atomic E-state index is 0.0938. The summed E-state index contributed by atoms with van der Waals surface area (Å²) in [6, 6.07) is 10.4. The summed E-state index contributed by atoms with van der Waals surface area (Å²) in [4.78, 5) is 12.5. The van der Waals surface area contributed by atoms with Crippen molar-refractivity contribution in [3.05, 3.63) is 58.1 Å². The minimum Gasteiger partial charge on any atom is -0.382 e. The first kappa shape index (κ1) is 22.5. The molecule has 0 saturated carbocycles. The van der Waals surface area contributed by atoms with Crippen LogP contribution in [0.2, 0.25) is 10.0 Å². The molecule has 152 valence electrons. The first-order valence-corrected chi connectivity index (χ1v) is 10.9. The van der Waals surface area contributed by atoms with E-state index in [4.69, 9.17) is 27.9 Å². The van der Waals surface area contributed by atoms with Crippen LogP contribution in [0.15, 0.2) is 47.4 Å². The van der Waals surface area contributed by atoms with Crippen LogP contribution in [0.5, 0.6) is 0 Å². The largest absolute Gasteiger partial charge is 0.382 e. The number of hydrogen-bond acceptors (Lipinski definition) is 4. The second-order valence-corrected chi connectivity index (χ2v) is 8.71. The Morgan fingerprint density at radius 2 is 1.82 bits per heavy atom. The molecular formula is C19H22Cl2N2O4S. The molecule has 0 aromatic heterocycles. The van der Waals surface area contributed by atoms with Gasteiger partial charge in [0.25, 0.3) is 15.9 Å². The Hall–Kier alpha value is -1.80. The molecule has 0 saturated heterocycles. The third-order valence-corrected chi connectivity index (χ3v) is 6.37. The van der Waals surface area contributed by atoms with Crippen LogP contribution >= 0.6 is 23.2 Å². The molecule has 0 aliphatic carbocycles. The van der Waals surface area contributed by atoms with Gasteiger partial charge < -0.3 is 10.1 Å². The van der Waals surface area contributed by atoms with E-state index in [9.17, 15) is 13.2 Å². The maximum Gasteiger partial charge on any atom is 0.264 e. The van der Waals surface area contributed by atoms with Gasteiger partial charge in [-0.15, -0.1) is 0 Å². The number of rotatable bonds is 9. The van der Waals surface area contributed by atoms with Gasteiger partial charge in [-0.1, -0.05) is 23.2 Å². The van der Waals surface area contributed by atoms with E-state index in [2.05, 4.69) is 5.32 Å². The number of hydrogen-bond donors (Lipinski definition) is 1. The zero-order valence-corrected chi connectivity index (χ0v) is 17.9. The predicted octanol–water partition coefficient (Wildman–Crippen LogP) is 3.97. The van der Waals surface area contributed by atoms with E-state index < -0.39 is 10.0 Å². The van der Waals surface area contributed by atoms with Crippen LogP contribution in [0, 0.1) is 0 Å². The Balaban J connectivity index is 2.19. The molecule has 0 aliphatic heterocycles. The highest BCUT2D eigenvalue weighted by Gasteiger charge is 2.22. The van der Waals surface area contributed by atoms with E-state index >= 15 is 0 Å². The highest BCUT2D eigenvalue weighted by atomic mass is 35.5. The molecule has 2 rings (SSSR count). The Kier molecular flexibility index (Phi) is 8.12. The topological polar surface area (TPSA) is 75.7 Å². The maximum atomic E-state index is 12.8. The van der Waals surface area contributed by atoms with Crippen molar-refractivity contribution in [2.45, 2.75) is 18.2 Å². The molecule has 0 atom stereocenters. The number of nitrogens with one attached hydrogen (secondary N) is 1. The summed E-state index contributed by atoms with van der Waals surface area (Å²) in [6.45, 7) is 3.50. The van der Waals surface area contributed by atoms with Crippen molar-refractivity contribution in [1.29, 1.82) is 0 Å². The molecular weight excluding hydrogens is 423 g/mol. The average molecular weight is 445 g/mol. The third-order valence-electron chi connectivity index (χ3n) is 3.99. The molecule has 1 N–H and O–H groups in total. The van der Waals surface area contributed by atoms with Crippen molar-refractivity contribution < 1.29 is 17.9 Å². The van der Waals surface area contributed by atoms with Gasteiger partial charge in [-0.2, -0.15) is 0 Å². The number of amides is 1. The Morgan fingerprint density at radius 1 is 1.14 bits per heavy atom. The van der Waals surface area contributed by atoms with Crippen molar-refractivity contribution >= 4 is 44.8 Å². The number of carbonyl (C=O) groups is 1. The van der Waals surface area contributed by atoms with Gasteiger partial charge in [0, 0.05) is 31.8 Å². The standard InChI is InChI=1S/C19H22Cl2N2O4S/c1-3-27-12-4-11-22-19(24)17-13-15(7-10-18(17)21)23(2)28(25,26)16-8-5-14(20)6-9-16/h5-10,13H,3-4,11-12H2,1-2H3,(H,22,24). The van der Waals surface area contributed by atoms with Crippen molar-refractivity contribution in [3.8, 4) is 0 Å². The minimum atomic E-state index is -3.81. The maximum absolute atomic E-state index is 12.8. The van der Waals surface area contributed by atoms with Gasteiger partial charge in [-0.05, 0) is 55.8 Å². The Labute approximate surface area is 175 Å². The van der Waals surface area contributed by atoms with Gasteiger partial charge in [0.05, 0.1) is 21.2 Å². The lowest BCUT2D eigenvalue weighted by Gasteiger charge is -2.20. The molecule has 0 aliphatic rings. The summed E-state index contributed by atoms with van der Waals surface area (Å²) in [7, 11) is -2.39. The fourth-order valence-corrected chi connectivity index (χ4v) is 3.92. The molecule has 0 heterocycles. The molecule has 0 unspecified atom stereocenters. The number of anilines is 1.